The van der Waals surface area contributed by atoms with E-state index in [4.69, 9.17) is 0 Å². The van der Waals surface area contributed by atoms with Gasteiger partial charge in [-0.25, -0.2) is 0 Å². The van der Waals surface area contributed by atoms with Crippen LogP contribution in [-0.2, 0) is 9.59 Å². The fourth-order valence-corrected chi connectivity index (χ4v) is 2.07. The molecule has 0 atom stereocenters. The fraction of sp³-hybridized carbons (Fsp3) is 0.429. The predicted octanol–water partition coefficient (Wildman–Crippen LogP) is 3.70. The molecule has 6 heteroatoms. The first-order valence-electron chi connectivity index (χ1n) is 6.23. The molecule has 0 aromatic heterocycles. The average molecular weight is 406 g/mol. The highest BCUT2D eigenvalue weighted by Gasteiger charge is 2.20. The first kappa shape index (κ1) is 17.2. The van der Waals surface area contributed by atoms with Crippen molar-refractivity contribution in [2.45, 2.75) is 27.2 Å². The maximum Gasteiger partial charge on any atom is 0.226 e. The monoisotopic (exact) mass is 404 g/mol. The molecule has 2 N–H and O–H groups in total. The summed E-state index contributed by atoms with van der Waals surface area (Å²) < 4.78 is 1.70. The van der Waals surface area contributed by atoms with Crippen molar-refractivity contribution in [3.63, 3.8) is 0 Å². The van der Waals surface area contributed by atoms with Crippen LogP contribution in [0.5, 0.6) is 0 Å². The van der Waals surface area contributed by atoms with Crippen LogP contribution in [-0.4, -0.2) is 18.4 Å². The van der Waals surface area contributed by atoms with Gasteiger partial charge >= 0.3 is 0 Å². The maximum absolute atomic E-state index is 11.8. The number of rotatable bonds is 4. The van der Waals surface area contributed by atoms with E-state index in [9.17, 15) is 9.59 Å². The molecule has 0 spiro atoms. The van der Waals surface area contributed by atoms with Crippen LogP contribution in [0.4, 0.5) is 5.69 Å². The summed E-state index contributed by atoms with van der Waals surface area (Å²) in [6.07, 6.45) is 0.237. The van der Waals surface area contributed by atoms with Crippen LogP contribution in [0, 0.1) is 5.41 Å². The van der Waals surface area contributed by atoms with Crippen molar-refractivity contribution in [1.82, 2.24) is 5.32 Å². The van der Waals surface area contributed by atoms with Crippen molar-refractivity contribution >= 4 is 49.4 Å². The van der Waals surface area contributed by atoms with Gasteiger partial charge in [0, 0.05) is 27.3 Å². The minimum absolute atomic E-state index is 0.0612. The van der Waals surface area contributed by atoms with Gasteiger partial charge in [-0.2, -0.15) is 0 Å². The fourth-order valence-electron chi connectivity index (χ4n) is 1.36. The van der Waals surface area contributed by atoms with Crippen molar-refractivity contribution in [2.24, 2.45) is 5.41 Å². The lowest BCUT2D eigenvalue weighted by Crippen LogP contribution is -2.36. The molecule has 110 valence electrons. The highest BCUT2D eigenvalue weighted by atomic mass is 79.9. The van der Waals surface area contributed by atoms with Gasteiger partial charge in [-0.1, -0.05) is 36.7 Å². The molecule has 0 aliphatic carbocycles. The van der Waals surface area contributed by atoms with Gasteiger partial charge in [0.2, 0.25) is 11.8 Å². The first-order chi connectivity index (χ1) is 9.20. The van der Waals surface area contributed by atoms with E-state index in [0.29, 0.717) is 12.2 Å². The summed E-state index contributed by atoms with van der Waals surface area (Å²) in [4.78, 5) is 23.5. The molecule has 0 aliphatic heterocycles. The summed E-state index contributed by atoms with van der Waals surface area (Å²) in [5, 5.41) is 5.54. The van der Waals surface area contributed by atoms with Gasteiger partial charge < -0.3 is 10.6 Å². The third kappa shape index (κ3) is 5.63. The van der Waals surface area contributed by atoms with Crippen LogP contribution < -0.4 is 10.6 Å². The van der Waals surface area contributed by atoms with E-state index in [1.165, 1.54) is 0 Å². The van der Waals surface area contributed by atoms with Gasteiger partial charge in [0.1, 0.15) is 0 Å². The Labute approximate surface area is 136 Å². The van der Waals surface area contributed by atoms with E-state index in [-0.39, 0.29) is 18.2 Å². The first-order valence-corrected chi connectivity index (χ1v) is 7.82. The lowest BCUT2D eigenvalue weighted by atomic mass is 9.96. The van der Waals surface area contributed by atoms with Crippen LogP contribution in [0.1, 0.15) is 27.2 Å². The lowest BCUT2D eigenvalue weighted by molar-refractivity contribution is -0.128. The standard InChI is InChI=1S/C14H18Br2N2O2/c1-14(2,3)13(20)17-7-6-12(19)18-11-8-9(15)4-5-10(11)16/h4-5,8H,6-7H2,1-3H3,(H,17,20)(H,18,19). The van der Waals surface area contributed by atoms with Crippen molar-refractivity contribution in [1.29, 1.82) is 0 Å². The van der Waals surface area contributed by atoms with Crippen LogP contribution >= 0.6 is 31.9 Å². The zero-order chi connectivity index (χ0) is 15.3. The Morgan fingerprint density at radius 1 is 1.20 bits per heavy atom. The summed E-state index contributed by atoms with van der Waals surface area (Å²) >= 11 is 6.72. The van der Waals surface area contributed by atoms with Gasteiger partial charge in [0.25, 0.3) is 0 Å². The third-order valence-electron chi connectivity index (χ3n) is 2.52. The van der Waals surface area contributed by atoms with Crippen LogP contribution in [0.3, 0.4) is 0 Å². The molecule has 0 fully saturated rings. The number of amides is 2. The van der Waals surface area contributed by atoms with E-state index in [2.05, 4.69) is 42.5 Å². The van der Waals surface area contributed by atoms with Crippen molar-refractivity contribution < 1.29 is 9.59 Å². The Hall–Kier alpha value is -0.880. The van der Waals surface area contributed by atoms with Crippen molar-refractivity contribution in [2.75, 3.05) is 11.9 Å². The highest BCUT2D eigenvalue weighted by Crippen LogP contribution is 2.26. The Morgan fingerprint density at radius 3 is 2.45 bits per heavy atom. The zero-order valence-electron chi connectivity index (χ0n) is 11.7. The van der Waals surface area contributed by atoms with Gasteiger partial charge in [0.15, 0.2) is 0 Å². The van der Waals surface area contributed by atoms with E-state index in [1.807, 2.05) is 39.0 Å². The van der Waals surface area contributed by atoms with Gasteiger partial charge in [-0.15, -0.1) is 0 Å². The molecule has 20 heavy (non-hydrogen) atoms. The molecule has 0 heterocycles. The Morgan fingerprint density at radius 2 is 1.85 bits per heavy atom. The molecule has 0 radical (unpaired) electrons. The summed E-state index contributed by atoms with van der Waals surface area (Å²) in [5.74, 6) is -0.202. The normalized spacial score (nSPS) is 11.1. The summed E-state index contributed by atoms with van der Waals surface area (Å²) in [6, 6.07) is 5.54. The van der Waals surface area contributed by atoms with Crippen LogP contribution in [0.2, 0.25) is 0 Å². The molecular formula is C14H18Br2N2O2. The molecular weight excluding hydrogens is 388 g/mol. The number of hydrogen-bond donors (Lipinski definition) is 2. The molecule has 0 saturated carbocycles. The predicted molar refractivity (Wildman–Crippen MR) is 87.6 cm³/mol. The maximum atomic E-state index is 11.8. The second-order valence-corrected chi connectivity index (χ2v) is 7.20. The topological polar surface area (TPSA) is 58.2 Å². The Kier molecular flexibility index (Phi) is 6.20. The van der Waals surface area contributed by atoms with E-state index in [0.717, 1.165) is 8.95 Å². The van der Waals surface area contributed by atoms with Gasteiger partial charge in [0.05, 0.1) is 5.69 Å². The largest absolute Gasteiger partial charge is 0.355 e. The summed E-state index contributed by atoms with van der Waals surface area (Å²) in [5.41, 5.74) is 0.260. The van der Waals surface area contributed by atoms with Gasteiger partial charge in [-0.3, -0.25) is 9.59 Å². The number of hydrogen-bond acceptors (Lipinski definition) is 2. The van der Waals surface area contributed by atoms with Crippen LogP contribution in [0.25, 0.3) is 0 Å². The zero-order valence-corrected chi connectivity index (χ0v) is 14.9. The number of nitrogens with one attached hydrogen (secondary N) is 2. The Bertz CT molecular complexity index is 510. The third-order valence-corrected chi connectivity index (χ3v) is 3.71. The molecule has 0 unspecified atom stereocenters. The molecule has 1 aromatic rings. The smallest absolute Gasteiger partial charge is 0.226 e. The molecule has 1 aromatic carbocycles. The average Bonchev–Trinajstić information content (AvgIpc) is 2.32. The van der Waals surface area contributed by atoms with Crippen molar-refractivity contribution in [3.05, 3.63) is 27.1 Å². The molecule has 2 amide bonds. The minimum atomic E-state index is -0.441. The molecule has 1 rings (SSSR count). The number of carbonyl (C=O) groups excluding carboxylic acids is 2. The quantitative estimate of drug-likeness (QED) is 0.802. The minimum Gasteiger partial charge on any atom is -0.355 e. The number of carbonyl (C=O) groups is 2. The van der Waals surface area contributed by atoms with E-state index >= 15 is 0 Å². The lowest BCUT2D eigenvalue weighted by Gasteiger charge is -2.17. The summed E-state index contributed by atoms with van der Waals surface area (Å²) in [7, 11) is 0. The highest BCUT2D eigenvalue weighted by molar-refractivity contribution is 9.11. The molecule has 0 saturated heterocycles. The number of halogens is 2. The van der Waals surface area contributed by atoms with Crippen molar-refractivity contribution in [3.8, 4) is 0 Å². The molecule has 4 nitrogen and oxygen atoms in total. The van der Waals surface area contributed by atoms with E-state index in [1.54, 1.807) is 0 Å². The Balaban J connectivity index is 2.45. The molecule has 0 bridgehead atoms. The second kappa shape index (κ2) is 7.22. The SMILES string of the molecule is CC(C)(C)C(=O)NCCC(=O)Nc1cc(Br)ccc1Br. The second-order valence-electron chi connectivity index (χ2n) is 5.43. The summed E-state index contributed by atoms with van der Waals surface area (Å²) in [6.45, 7) is 5.83. The van der Waals surface area contributed by atoms with Gasteiger partial charge in [-0.05, 0) is 34.1 Å². The molecule has 0 aliphatic rings. The number of anilines is 1. The number of benzene rings is 1. The van der Waals surface area contributed by atoms with Crippen LogP contribution in [0.15, 0.2) is 27.1 Å². The van der Waals surface area contributed by atoms with E-state index < -0.39 is 5.41 Å².